The molecule has 1 aromatic heterocycles. The molecule has 2 unspecified atom stereocenters. The van der Waals surface area contributed by atoms with Crippen LogP contribution in [0.4, 0.5) is 0 Å². The number of nitrogens with one attached hydrogen (secondary N) is 1. The molecule has 3 rings (SSSR count). The Morgan fingerprint density at radius 2 is 2.30 bits per heavy atom. The molecule has 0 aliphatic carbocycles. The lowest BCUT2D eigenvalue weighted by Crippen LogP contribution is -2.49. The highest BCUT2D eigenvalue weighted by Gasteiger charge is 2.38. The summed E-state index contributed by atoms with van der Waals surface area (Å²) in [7, 11) is 0. The van der Waals surface area contributed by atoms with Crippen molar-refractivity contribution >= 4 is 17.2 Å². The van der Waals surface area contributed by atoms with Gasteiger partial charge in [0.2, 0.25) is 5.91 Å². The smallest absolute Gasteiger partial charge is 0.238 e. The number of rotatable bonds is 3. The van der Waals surface area contributed by atoms with E-state index in [4.69, 9.17) is 0 Å². The Labute approximate surface area is 124 Å². The maximum absolute atomic E-state index is 12.3. The molecule has 0 spiro atoms. The fraction of sp³-hybridized carbons (Fsp3) is 0.667. The van der Waals surface area contributed by atoms with Gasteiger partial charge in [-0.05, 0) is 45.0 Å². The van der Waals surface area contributed by atoms with Gasteiger partial charge >= 0.3 is 0 Å². The molecule has 2 saturated heterocycles. The van der Waals surface area contributed by atoms with Crippen LogP contribution in [0.1, 0.15) is 35.7 Å². The van der Waals surface area contributed by atoms with E-state index in [9.17, 15) is 4.79 Å². The predicted octanol–water partition coefficient (Wildman–Crippen LogP) is 1.97. The van der Waals surface area contributed by atoms with Gasteiger partial charge in [-0.1, -0.05) is 6.92 Å². The van der Waals surface area contributed by atoms with E-state index in [0.29, 0.717) is 12.6 Å². The topological polar surface area (TPSA) is 35.6 Å². The van der Waals surface area contributed by atoms with Gasteiger partial charge in [0.25, 0.3) is 0 Å². The molecule has 1 N–H and O–H groups in total. The van der Waals surface area contributed by atoms with Gasteiger partial charge in [-0.25, -0.2) is 0 Å². The lowest BCUT2D eigenvalue weighted by molar-refractivity contribution is -0.131. The summed E-state index contributed by atoms with van der Waals surface area (Å²) in [4.78, 5) is 19.4. The van der Waals surface area contributed by atoms with Crippen molar-refractivity contribution in [1.29, 1.82) is 0 Å². The van der Waals surface area contributed by atoms with Crippen molar-refractivity contribution in [3.8, 4) is 0 Å². The van der Waals surface area contributed by atoms with Crippen molar-refractivity contribution in [2.75, 3.05) is 26.2 Å². The quantitative estimate of drug-likeness (QED) is 0.925. The molecule has 1 aromatic rings. The van der Waals surface area contributed by atoms with Crippen LogP contribution in [0, 0.1) is 6.92 Å². The summed E-state index contributed by atoms with van der Waals surface area (Å²) in [5.41, 5.74) is 0. The number of carbonyl (C=O) groups excluding carboxylic acids is 1. The van der Waals surface area contributed by atoms with Crippen molar-refractivity contribution in [3.05, 3.63) is 21.9 Å². The fourth-order valence-corrected chi connectivity index (χ4v) is 4.27. The summed E-state index contributed by atoms with van der Waals surface area (Å²) in [6.45, 7) is 8.07. The van der Waals surface area contributed by atoms with Crippen LogP contribution in [0.15, 0.2) is 12.1 Å². The fourth-order valence-electron chi connectivity index (χ4n) is 3.32. The molecular weight excluding hydrogens is 270 g/mol. The largest absolute Gasteiger partial charge is 0.317 e. The average molecular weight is 293 g/mol. The van der Waals surface area contributed by atoms with Gasteiger partial charge in [-0.15, -0.1) is 11.3 Å². The van der Waals surface area contributed by atoms with Gasteiger partial charge in [0.1, 0.15) is 6.17 Å². The number of likely N-dealkylation sites (tertiary alicyclic amines) is 1. The normalized spacial score (nSPS) is 28.3. The number of aryl methyl sites for hydroxylation is 1. The first kappa shape index (κ1) is 14.0. The third-order valence-corrected chi connectivity index (χ3v) is 5.42. The van der Waals surface area contributed by atoms with Crippen LogP contribution in [-0.4, -0.2) is 47.9 Å². The minimum atomic E-state index is 0.0861. The van der Waals surface area contributed by atoms with E-state index in [2.05, 4.69) is 41.1 Å². The molecule has 2 fully saturated rings. The number of carbonyl (C=O) groups is 1. The first-order chi connectivity index (χ1) is 9.69. The number of amides is 1. The highest BCUT2D eigenvalue weighted by molar-refractivity contribution is 7.12. The van der Waals surface area contributed by atoms with Crippen molar-refractivity contribution in [3.63, 3.8) is 0 Å². The number of hydrogen-bond acceptors (Lipinski definition) is 4. The molecule has 20 heavy (non-hydrogen) atoms. The zero-order valence-electron chi connectivity index (χ0n) is 12.3. The second kappa shape index (κ2) is 5.84. The van der Waals surface area contributed by atoms with E-state index in [-0.39, 0.29) is 12.1 Å². The Morgan fingerprint density at radius 1 is 1.45 bits per heavy atom. The molecule has 0 aromatic carbocycles. The molecule has 2 aliphatic heterocycles. The Morgan fingerprint density at radius 3 is 3.00 bits per heavy atom. The van der Waals surface area contributed by atoms with E-state index in [1.807, 2.05) is 0 Å². The van der Waals surface area contributed by atoms with Crippen molar-refractivity contribution in [1.82, 2.24) is 15.1 Å². The van der Waals surface area contributed by atoms with E-state index in [1.165, 1.54) is 22.7 Å². The first-order valence-corrected chi connectivity index (χ1v) is 8.34. The molecule has 110 valence electrons. The Bertz CT molecular complexity index is 487. The standard InChI is InChI=1S/C15H23N3OS/c1-3-17-8-4-5-12(10-17)18-14(19)9-16-15(18)13-7-6-11(2)20-13/h6-7,12,15-16H,3-5,8-10H2,1-2H3. The highest BCUT2D eigenvalue weighted by atomic mass is 32.1. The van der Waals surface area contributed by atoms with E-state index < -0.39 is 0 Å². The molecule has 1 amide bonds. The molecule has 0 radical (unpaired) electrons. The predicted molar refractivity (Wildman–Crippen MR) is 81.8 cm³/mol. The number of thiophene rings is 1. The van der Waals surface area contributed by atoms with Gasteiger partial charge in [0.05, 0.1) is 6.54 Å². The number of likely N-dealkylation sites (N-methyl/N-ethyl adjacent to an activating group) is 1. The number of nitrogens with zero attached hydrogens (tertiary/aromatic N) is 2. The summed E-state index contributed by atoms with van der Waals surface area (Å²) < 4.78 is 0. The van der Waals surface area contributed by atoms with Gasteiger partial charge in [-0.3, -0.25) is 10.1 Å². The summed E-state index contributed by atoms with van der Waals surface area (Å²) in [6, 6.07) is 4.66. The van der Waals surface area contributed by atoms with Crippen LogP contribution in [-0.2, 0) is 4.79 Å². The van der Waals surface area contributed by atoms with Crippen LogP contribution in [0.2, 0.25) is 0 Å². The van der Waals surface area contributed by atoms with Crippen LogP contribution in [0.25, 0.3) is 0 Å². The minimum Gasteiger partial charge on any atom is -0.317 e. The SMILES string of the molecule is CCN1CCCC(N2C(=O)CNC2c2ccc(C)s2)C1. The van der Waals surface area contributed by atoms with Crippen molar-refractivity contribution in [2.45, 2.75) is 38.9 Å². The lowest BCUT2D eigenvalue weighted by atomic mass is 10.0. The number of piperidine rings is 1. The minimum absolute atomic E-state index is 0.0861. The molecule has 2 atom stereocenters. The molecule has 0 bridgehead atoms. The van der Waals surface area contributed by atoms with Gasteiger partial charge < -0.3 is 9.80 Å². The first-order valence-electron chi connectivity index (χ1n) is 7.52. The lowest BCUT2D eigenvalue weighted by Gasteiger charge is -2.39. The number of hydrogen-bond donors (Lipinski definition) is 1. The molecule has 5 heteroatoms. The molecule has 4 nitrogen and oxygen atoms in total. The van der Waals surface area contributed by atoms with Crippen molar-refractivity contribution in [2.24, 2.45) is 0 Å². The maximum Gasteiger partial charge on any atom is 0.238 e. The summed E-state index contributed by atoms with van der Waals surface area (Å²) in [5, 5.41) is 3.38. The molecular formula is C15H23N3OS. The summed E-state index contributed by atoms with van der Waals surface area (Å²) in [5.74, 6) is 0.254. The molecule has 2 aliphatic rings. The van der Waals surface area contributed by atoms with Gasteiger partial charge in [0.15, 0.2) is 0 Å². The van der Waals surface area contributed by atoms with Crippen LogP contribution in [0.5, 0.6) is 0 Å². The Balaban J connectivity index is 1.79. The van der Waals surface area contributed by atoms with Gasteiger partial charge in [-0.2, -0.15) is 0 Å². The summed E-state index contributed by atoms with van der Waals surface area (Å²) in [6.07, 6.45) is 2.41. The monoisotopic (exact) mass is 293 g/mol. The maximum atomic E-state index is 12.3. The van der Waals surface area contributed by atoms with Crippen LogP contribution >= 0.6 is 11.3 Å². The van der Waals surface area contributed by atoms with E-state index in [0.717, 1.165) is 19.5 Å². The Kier molecular flexibility index (Phi) is 4.10. The van der Waals surface area contributed by atoms with Crippen LogP contribution in [0.3, 0.4) is 0 Å². The van der Waals surface area contributed by atoms with E-state index in [1.54, 1.807) is 11.3 Å². The van der Waals surface area contributed by atoms with Gasteiger partial charge in [0, 0.05) is 22.3 Å². The second-order valence-corrected chi connectivity index (χ2v) is 7.04. The third-order valence-electron chi connectivity index (χ3n) is 4.36. The van der Waals surface area contributed by atoms with E-state index >= 15 is 0 Å². The zero-order chi connectivity index (χ0) is 14.1. The zero-order valence-corrected chi connectivity index (χ0v) is 13.1. The molecule has 3 heterocycles. The summed E-state index contributed by atoms with van der Waals surface area (Å²) >= 11 is 1.79. The molecule has 0 saturated carbocycles. The third kappa shape index (κ3) is 2.62. The average Bonchev–Trinajstić information content (AvgIpc) is 3.05. The second-order valence-electron chi connectivity index (χ2n) is 5.72. The Hall–Kier alpha value is -0.910. The highest BCUT2D eigenvalue weighted by Crippen LogP contribution is 2.32. The van der Waals surface area contributed by atoms with Crippen molar-refractivity contribution < 1.29 is 4.79 Å². The van der Waals surface area contributed by atoms with Crippen LogP contribution < -0.4 is 5.32 Å².